The van der Waals surface area contributed by atoms with Gasteiger partial charge in [-0.3, -0.25) is 9.59 Å². The maximum absolute atomic E-state index is 12.9. The molecule has 1 atom stereocenters. The van der Waals surface area contributed by atoms with Crippen LogP contribution in [0.5, 0.6) is 5.75 Å². The Hall–Kier alpha value is -2.34. The fraction of sp³-hybridized carbons (Fsp3) is 0.478. The van der Waals surface area contributed by atoms with Crippen molar-refractivity contribution in [3.05, 3.63) is 51.2 Å². The Morgan fingerprint density at radius 3 is 2.90 bits per heavy atom. The first kappa shape index (κ1) is 20.0. The highest BCUT2D eigenvalue weighted by Gasteiger charge is 2.30. The summed E-state index contributed by atoms with van der Waals surface area (Å²) in [6.45, 7) is 3.77. The van der Waals surface area contributed by atoms with Gasteiger partial charge in [0.15, 0.2) is 0 Å². The van der Waals surface area contributed by atoms with Gasteiger partial charge in [-0.25, -0.2) is 0 Å². The third kappa shape index (κ3) is 4.64. The van der Waals surface area contributed by atoms with Crippen molar-refractivity contribution < 1.29 is 19.1 Å². The van der Waals surface area contributed by atoms with Crippen LogP contribution >= 0.6 is 11.3 Å². The van der Waals surface area contributed by atoms with E-state index in [1.165, 1.54) is 35.3 Å². The second-order valence-corrected chi connectivity index (χ2v) is 8.65. The number of ether oxygens (including phenoxy) is 2. The van der Waals surface area contributed by atoms with Crippen LogP contribution in [0.2, 0.25) is 0 Å². The molecule has 0 bridgehead atoms. The quantitative estimate of drug-likeness (QED) is 0.665. The Bertz CT molecular complexity index is 891. The van der Waals surface area contributed by atoms with Crippen molar-refractivity contribution in [3.8, 4) is 5.75 Å². The van der Waals surface area contributed by atoms with E-state index in [4.69, 9.17) is 9.47 Å². The minimum atomic E-state index is -0.213. The molecule has 0 N–H and O–H groups in total. The van der Waals surface area contributed by atoms with Crippen LogP contribution in [-0.4, -0.2) is 36.5 Å². The Kier molecular flexibility index (Phi) is 6.19. The summed E-state index contributed by atoms with van der Waals surface area (Å²) in [5, 5.41) is 1.98. The highest BCUT2D eigenvalue weighted by atomic mass is 32.1. The zero-order valence-electron chi connectivity index (χ0n) is 16.8. The molecule has 1 fully saturated rings. The maximum Gasteiger partial charge on any atom is 0.310 e. The van der Waals surface area contributed by atoms with Gasteiger partial charge in [0.05, 0.1) is 17.4 Å². The van der Waals surface area contributed by atoms with Crippen LogP contribution in [0.4, 0.5) is 0 Å². The number of esters is 1. The van der Waals surface area contributed by atoms with E-state index in [2.05, 4.69) is 12.1 Å². The number of aryl methyl sites for hydroxylation is 2. The zero-order chi connectivity index (χ0) is 20.2. The van der Waals surface area contributed by atoms with E-state index >= 15 is 0 Å². The number of nitrogens with zero attached hydrogens (tertiary/aromatic N) is 1. The summed E-state index contributed by atoms with van der Waals surface area (Å²) in [4.78, 5) is 27.4. The van der Waals surface area contributed by atoms with E-state index in [1.807, 2.05) is 24.4 Å². The first-order valence-corrected chi connectivity index (χ1v) is 11.3. The molecule has 4 rings (SSSR count). The van der Waals surface area contributed by atoms with E-state index in [-0.39, 0.29) is 17.8 Å². The summed E-state index contributed by atoms with van der Waals surface area (Å²) >= 11 is 1.44. The van der Waals surface area contributed by atoms with Crippen molar-refractivity contribution >= 4 is 23.2 Å². The number of thiophene rings is 1. The van der Waals surface area contributed by atoms with Gasteiger partial charge in [-0.05, 0) is 73.7 Å². The average Bonchev–Trinajstić information content (AvgIpc) is 3.41. The monoisotopic (exact) mass is 413 g/mol. The van der Waals surface area contributed by atoms with E-state index in [9.17, 15) is 9.59 Å². The Morgan fingerprint density at radius 1 is 1.17 bits per heavy atom. The molecule has 5 nitrogen and oxygen atoms in total. The number of carbonyl (C=O) groups excluding carboxylic acids is 2. The molecule has 1 saturated heterocycles. The van der Waals surface area contributed by atoms with Crippen molar-refractivity contribution in [1.82, 2.24) is 4.90 Å². The number of piperidine rings is 1. The van der Waals surface area contributed by atoms with Gasteiger partial charge in [-0.15, -0.1) is 11.3 Å². The van der Waals surface area contributed by atoms with E-state index in [0.29, 0.717) is 31.2 Å². The summed E-state index contributed by atoms with van der Waals surface area (Å²) in [6.07, 6.45) is 5.13. The van der Waals surface area contributed by atoms with Gasteiger partial charge < -0.3 is 14.4 Å². The maximum atomic E-state index is 12.9. The molecule has 2 aromatic rings. The van der Waals surface area contributed by atoms with Gasteiger partial charge in [-0.1, -0.05) is 6.07 Å². The number of hydrogen-bond donors (Lipinski definition) is 0. The number of amides is 1. The van der Waals surface area contributed by atoms with Gasteiger partial charge in [0.25, 0.3) is 5.91 Å². The largest absolute Gasteiger partial charge is 0.489 e. The third-order valence-electron chi connectivity index (χ3n) is 5.67. The van der Waals surface area contributed by atoms with Crippen molar-refractivity contribution in [3.63, 3.8) is 0 Å². The summed E-state index contributed by atoms with van der Waals surface area (Å²) in [7, 11) is 0. The lowest BCUT2D eigenvalue weighted by atomic mass is 9.98. The van der Waals surface area contributed by atoms with Crippen LogP contribution in [-0.2, 0) is 29.0 Å². The molecular formula is C23H27NO4S. The third-order valence-corrected chi connectivity index (χ3v) is 6.64. The molecule has 154 valence electrons. The second kappa shape index (κ2) is 8.99. The molecule has 1 amide bonds. The van der Waals surface area contributed by atoms with Crippen LogP contribution in [0.3, 0.4) is 0 Å². The summed E-state index contributed by atoms with van der Waals surface area (Å²) in [5.74, 6) is 0.473. The summed E-state index contributed by atoms with van der Waals surface area (Å²) in [6, 6.07) is 8.25. The van der Waals surface area contributed by atoms with E-state index in [0.717, 1.165) is 30.6 Å². The molecule has 29 heavy (non-hydrogen) atoms. The highest BCUT2D eigenvalue weighted by Crippen LogP contribution is 2.27. The molecular weight excluding hydrogens is 386 g/mol. The lowest BCUT2D eigenvalue weighted by Gasteiger charge is -2.31. The average molecular weight is 414 g/mol. The molecule has 2 aliphatic rings. The standard InChI is InChI=1S/C23H27NO4S/c1-2-27-23(26)19-7-4-10-24(13-19)22(25)21-11-16(15-29-21)14-28-20-9-8-17-5-3-6-18(17)12-20/h8-9,11-12,15,19H,2-7,10,13-14H2,1H3. The predicted octanol–water partition coefficient (Wildman–Crippen LogP) is 4.23. The predicted molar refractivity (Wildman–Crippen MR) is 112 cm³/mol. The fourth-order valence-electron chi connectivity index (χ4n) is 4.14. The molecule has 1 aliphatic carbocycles. The van der Waals surface area contributed by atoms with Gasteiger partial charge in [-0.2, -0.15) is 0 Å². The summed E-state index contributed by atoms with van der Waals surface area (Å²) in [5.41, 5.74) is 3.83. The number of rotatable bonds is 6. The van der Waals surface area contributed by atoms with Gasteiger partial charge in [0, 0.05) is 18.7 Å². The first-order chi connectivity index (χ1) is 14.1. The Labute approximate surface area is 175 Å². The van der Waals surface area contributed by atoms with Crippen LogP contribution < -0.4 is 4.74 Å². The number of fused-ring (bicyclic) bond motifs is 1. The zero-order valence-corrected chi connectivity index (χ0v) is 17.6. The minimum Gasteiger partial charge on any atom is -0.489 e. The topological polar surface area (TPSA) is 55.8 Å². The molecule has 0 radical (unpaired) electrons. The molecule has 1 aromatic heterocycles. The molecule has 2 heterocycles. The molecule has 6 heteroatoms. The Morgan fingerprint density at radius 2 is 2.03 bits per heavy atom. The lowest BCUT2D eigenvalue weighted by molar-refractivity contribution is -0.149. The number of likely N-dealkylation sites (tertiary alicyclic amines) is 1. The second-order valence-electron chi connectivity index (χ2n) is 7.73. The Balaban J connectivity index is 1.34. The van der Waals surface area contributed by atoms with E-state index in [1.54, 1.807) is 4.90 Å². The number of benzene rings is 1. The van der Waals surface area contributed by atoms with Crippen molar-refractivity contribution in [1.29, 1.82) is 0 Å². The van der Waals surface area contributed by atoms with Gasteiger partial charge >= 0.3 is 5.97 Å². The van der Waals surface area contributed by atoms with Crippen molar-refractivity contribution in [2.45, 2.75) is 45.6 Å². The van der Waals surface area contributed by atoms with Crippen LogP contribution in [0.25, 0.3) is 0 Å². The molecule has 1 unspecified atom stereocenters. The van der Waals surface area contributed by atoms with Crippen LogP contribution in [0.15, 0.2) is 29.6 Å². The molecule has 1 aliphatic heterocycles. The van der Waals surface area contributed by atoms with Crippen LogP contribution in [0.1, 0.15) is 52.5 Å². The van der Waals surface area contributed by atoms with Gasteiger partial charge in [0.2, 0.25) is 0 Å². The smallest absolute Gasteiger partial charge is 0.310 e. The number of carbonyl (C=O) groups is 2. The van der Waals surface area contributed by atoms with Gasteiger partial charge in [0.1, 0.15) is 12.4 Å². The first-order valence-electron chi connectivity index (χ1n) is 10.4. The normalized spacial score (nSPS) is 18.4. The molecule has 1 aromatic carbocycles. The molecule has 0 saturated carbocycles. The fourth-order valence-corrected chi connectivity index (χ4v) is 5.00. The van der Waals surface area contributed by atoms with Crippen molar-refractivity contribution in [2.75, 3.05) is 19.7 Å². The van der Waals surface area contributed by atoms with Crippen molar-refractivity contribution in [2.24, 2.45) is 5.92 Å². The SMILES string of the molecule is CCOC(=O)C1CCCN(C(=O)c2cc(COc3ccc4c(c3)CCC4)cs2)C1. The van der Waals surface area contributed by atoms with Crippen LogP contribution in [0, 0.1) is 5.92 Å². The molecule has 0 spiro atoms. The summed E-state index contributed by atoms with van der Waals surface area (Å²) < 4.78 is 11.1. The highest BCUT2D eigenvalue weighted by molar-refractivity contribution is 7.12. The van der Waals surface area contributed by atoms with E-state index < -0.39 is 0 Å². The number of hydrogen-bond acceptors (Lipinski definition) is 5. The minimum absolute atomic E-state index is 0.00669. The lowest BCUT2D eigenvalue weighted by Crippen LogP contribution is -2.42.